The van der Waals surface area contributed by atoms with Crippen molar-refractivity contribution in [2.45, 2.75) is 45.4 Å². The van der Waals surface area contributed by atoms with E-state index in [1.165, 1.54) is 32.1 Å². The fourth-order valence-electron chi connectivity index (χ4n) is 1.32. The quantitative estimate of drug-likeness (QED) is 0.414. The highest BCUT2D eigenvalue weighted by Gasteiger charge is 1.90. The van der Waals surface area contributed by atoms with Gasteiger partial charge in [-0.3, -0.25) is 0 Å². The lowest BCUT2D eigenvalue weighted by molar-refractivity contribution is 0.133. The Bertz CT molecular complexity index is 99.8. The lowest BCUT2D eigenvalue weighted by atomic mass is 10.2. The number of halogens is 1. The lowest BCUT2D eigenvalue weighted by Crippen LogP contribution is -2.21. The molecule has 0 aromatic carbocycles. The minimum Gasteiger partial charge on any atom is -0.380 e. The van der Waals surface area contributed by atoms with Gasteiger partial charge >= 0.3 is 0 Å². The second-order valence-corrected chi connectivity index (χ2v) is 4.20. The van der Waals surface area contributed by atoms with E-state index in [9.17, 15) is 0 Å². The number of unbranched alkanes of at least 4 members (excludes halogenated alkanes) is 4. The summed E-state index contributed by atoms with van der Waals surface area (Å²) in [6, 6.07) is 0. The van der Waals surface area contributed by atoms with Crippen molar-refractivity contribution >= 4 is 11.6 Å². The molecular weight excluding hydrogens is 210 g/mol. The molecule has 0 saturated carbocycles. The van der Waals surface area contributed by atoms with E-state index in [0.29, 0.717) is 0 Å². The molecule has 0 unspecified atom stereocenters. The number of alkyl halides is 1. The maximum Gasteiger partial charge on any atom is 0.0590 e. The molecule has 3 heteroatoms. The summed E-state index contributed by atoms with van der Waals surface area (Å²) >= 11 is 5.59. The Balaban J connectivity index is 2.81. The lowest BCUT2D eigenvalue weighted by Gasteiger charge is -2.05. The molecule has 0 aliphatic heterocycles. The van der Waals surface area contributed by atoms with E-state index in [4.69, 9.17) is 16.3 Å². The molecule has 0 radical (unpaired) electrons. The maximum atomic E-state index is 5.59. The number of rotatable bonds is 12. The zero-order valence-corrected chi connectivity index (χ0v) is 10.8. The van der Waals surface area contributed by atoms with Crippen LogP contribution in [-0.2, 0) is 4.74 Å². The topological polar surface area (TPSA) is 21.3 Å². The van der Waals surface area contributed by atoms with Gasteiger partial charge in [-0.15, -0.1) is 11.6 Å². The molecule has 0 aliphatic carbocycles. The van der Waals surface area contributed by atoms with Crippen LogP contribution in [0.15, 0.2) is 0 Å². The van der Waals surface area contributed by atoms with Crippen molar-refractivity contribution in [1.82, 2.24) is 5.32 Å². The predicted molar refractivity (Wildman–Crippen MR) is 67.8 cm³/mol. The van der Waals surface area contributed by atoms with E-state index in [-0.39, 0.29) is 0 Å². The minimum absolute atomic E-state index is 0.804. The summed E-state index contributed by atoms with van der Waals surface area (Å²) in [7, 11) is 0. The summed E-state index contributed by atoms with van der Waals surface area (Å²) in [5, 5.41) is 3.38. The second-order valence-electron chi connectivity index (χ2n) is 3.82. The van der Waals surface area contributed by atoms with E-state index in [0.717, 1.165) is 38.6 Å². The summed E-state index contributed by atoms with van der Waals surface area (Å²) in [4.78, 5) is 0. The van der Waals surface area contributed by atoms with Gasteiger partial charge in [0.2, 0.25) is 0 Å². The van der Waals surface area contributed by atoms with Crippen LogP contribution in [-0.4, -0.2) is 32.2 Å². The Kier molecular flexibility index (Phi) is 14.4. The van der Waals surface area contributed by atoms with Crippen molar-refractivity contribution < 1.29 is 4.74 Å². The molecule has 0 aliphatic rings. The predicted octanol–water partition coefficient (Wildman–Crippen LogP) is 3.19. The van der Waals surface area contributed by atoms with Gasteiger partial charge in [-0.25, -0.2) is 0 Å². The smallest absolute Gasteiger partial charge is 0.0590 e. The van der Waals surface area contributed by atoms with E-state index in [2.05, 4.69) is 12.2 Å². The first-order valence-electron chi connectivity index (χ1n) is 6.26. The van der Waals surface area contributed by atoms with Crippen molar-refractivity contribution in [2.24, 2.45) is 0 Å². The standard InChI is InChI=1S/C12H26ClNO/c1-2-3-11-15-12-10-14-9-7-5-4-6-8-13/h14H,2-12H2,1H3. The van der Waals surface area contributed by atoms with E-state index in [1.54, 1.807) is 0 Å². The molecule has 0 bridgehead atoms. The molecule has 0 heterocycles. The van der Waals surface area contributed by atoms with Gasteiger partial charge in [0, 0.05) is 19.0 Å². The monoisotopic (exact) mass is 235 g/mol. The number of ether oxygens (including phenoxy) is 1. The van der Waals surface area contributed by atoms with Crippen LogP contribution in [0.5, 0.6) is 0 Å². The Morgan fingerprint density at radius 2 is 1.73 bits per heavy atom. The van der Waals surface area contributed by atoms with Crippen LogP contribution in [0, 0.1) is 0 Å². The normalized spacial score (nSPS) is 10.8. The SMILES string of the molecule is CCCCOCCNCCCCCCCl. The van der Waals surface area contributed by atoms with Gasteiger partial charge in [0.1, 0.15) is 0 Å². The summed E-state index contributed by atoms with van der Waals surface area (Å²) in [6.45, 7) is 6.04. The Morgan fingerprint density at radius 1 is 0.933 bits per heavy atom. The van der Waals surface area contributed by atoms with Crippen molar-refractivity contribution in [1.29, 1.82) is 0 Å². The third-order valence-corrected chi connectivity index (χ3v) is 2.57. The summed E-state index contributed by atoms with van der Waals surface area (Å²) < 4.78 is 5.44. The minimum atomic E-state index is 0.804. The van der Waals surface area contributed by atoms with E-state index < -0.39 is 0 Å². The third kappa shape index (κ3) is 14.2. The third-order valence-electron chi connectivity index (χ3n) is 2.30. The average molecular weight is 236 g/mol. The molecule has 0 aromatic rings. The molecule has 15 heavy (non-hydrogen) atoms. The molecule has 2 nitrogen and oxygen atoms in total. The zero-order valence-electron chi connectivity index (χ0n) is 10.1. The summed E-state index contributed by atoms with van der Waals surface area (Å²) in [6.07, 6.45) is 7.36. The van der Waals surface area contributed by atoms with Gasteiger partial charge in [0.05, 0.1) is 6.61 Å². The average Bonchev–Trinajstić information content (AvgIpc) is 2.26. The molecule has 0 atom stereocenters. The van der Waals surface area contributed by atoms with Crippen LogP contribution in [0.3, 0.4) is 0 Å². The van der Waals surface area contributed by atoms with E-state index in [1.807, 2.05) is 0 Å². The first-order valence-corrected chi connectivity index (χ1v) is 6.79. The number of nitrogens with one attached hydrogen (secondary N) is 1. The van der Waals surface area contributed by atoms with Gasteiger partial charge in [0.15, 0.2) is 0 Å². The number of hydrogen-bond donors (Lipinski definition) is 1. The maximum absolute atomic E-state index is 5.59. The highest BCUT2D eigenvalue weighted by Crippen LogP contribution is 1.99. The van der Waals surface area contributed by atoms with Crippen LogP contribution in [0.1, 0.15) is 45.4 Å². The van der Waals surface area contributed by atoms with Crippen LogP contribution in [0.25, 0.3) is 0 Å². The van der Waals surface area contributed by atoms with Crippen LogP contribution >= 0.6 is 11.6 Å². The Labute approximate surface area is 99.7 Å². The largest absolute Gasteiger partial charge is 0.380 e. The van der Waals surface area contributed by atoms with Gasteiger partial charge in [-0.2, -0.15) is 0 Å². The first-order chi connectivity index (χ1) is 7.41. The first kappa shape index (κ1) is 15.2. The fraction of sp³-hybridized carbons (Fsp3) is 1.00. The van der Waals surface area contributed by atoms with Crippen LogP contribution < -0.4 is 5.32 Å². The molecular formula is C12H26ClNO. The van der Waals surface area contributed by atoms with Crippen LogP contribution in [0.4, 0.5) is 0 Å². The molecule has 0 amide bonds. The molecule has 1 N–H and O–H groups in total. The second kappa shape index (κ2) is 14.2. The van der Waals surface area contributed by atoms with Crippen molar-refractivity contribution in [3.8, 4) is 0 Å². The van der Waals surface area contributed by atoms with Crippen molar-refractivity contribution in [2.75, 3.05) is 32.2 Å². The molecule has 0 saturated heterocycles. The van der Waals surface area contributed by atoms with Gasteiger partial charge < -0.3 is 10.1 Å². The summed E-state index contributed by atoms with van der Waals surface area (Å²) in [5.74, 6) is 0.804. The summed E-state index contributed by atoms with van der Waals surface area (Å²) in [5.41, 5.74) is 0. The zero-order chi connectivity index (χ0) is 11.2. The molecule has 0 spiro atoms. The molecule has 0 fully saturated rings. The van der Waals surface area contributed by atoms with Gasteiger partial charge in [-0.1, -0.05) is 26.2 Å². The van der Waals surface area contributed by atoms with E-state index >= 15 is 0 Å². The van der Waals surface area contributed by atoms with Crippen molar-refractivity contribution in [3.05, 3.63) is 0 Å². The molecule has 92 valence electrons. The van der Waals surface area contributed by atoms with Gasteiger partial charge in [0.25, 0.3) is 0 Å². The van der Waals surface area contributed by atoms with Crippen molar-refractivity contribution in [3.63, 3.8) is 0 Å². The number of hydrogen-bond acceptors (Lipinski definition) is 2. The Morgan fingerprint density at radius 3 is 2.47 bits per heavy atom. The fourth-order valence-corrected chi connectivity index (χ4v) is 1.50. The molecule has 0 aromatic heterocycles. The molecule has 0 rings (SSSR count). The highest BCUT2D eigenvalue weighted by molar-refractivity contribution is 6.17. The Hall–Kier alpha value is 0.210. The highest BCUT2D eigenvalue weighted by atomic mass is 35.5. The van der Waals surface area contributed by atoms with Gasteiger partial charge in [-0.05, 0) is 25.8 Å². The van der Waals surface area contributed by atoms with Crippen LogP contribution in [0.2, 0.25) is 0 Å².